The lowest BCUT2D eigenvalue weighted by atomic mass is 10.1. The second-order valence-corrected chi connectivity index (χ2v) is 9.04. The zero-order chi connectivity index (χ0) is 24.0. The molecule has 172 valence electrons. The van der Waals surface area contributed by atoms with Gasteiger partial charge in [-0.15, -0.1) is 0 Å². The van der Waals surface area contributed by atoms with E-state index < -0.39 is 11.6 Å². The average Bonchev–Trinajstić information content (AvgIpc) is 3.26. The minimum absolute atomic E-state index is 0.00624. The van der Waals surface area contributed by atoms with Crippen molar-refractivity contribution in [3.05, 3.63) is 95.3 Å². The van der Waals surface area contributed by atoms with Crippen molar-refractivity contribution in [1.29, 1.82) is 0 Å². The van der Waals surface area contributed by atoms with Gasteiger partial charge in [0.2, 0.25) is 5.78 Å². The number of aryl methyl sites for hydroxylation is 1. The number of allylic oxidation sites excluding steroid dienone is 1. The fraction of sp³-hybridized carbons (Fsp3) is 0.286. The number of ether oxygens (including phenoxy) is 2. The van der Waals surface area contributed by atoms with Crippen molar-refractivity contribution < 1.29 is 19.1 Å². The first kappa shape index (κ1) is 24.1. The molecule has 2 aromatic carbocycles. The summed E-state index contributed by atoms with van der Waals surface area (Å²) in [6.07, 6.45) is 5.97. The summed E-state index contributed by atoms with van der Waals surface area (Å²) in [5.74, 6) is 0.206. The number of aromatic nitrogens is 1. The average molecular weight is 446 g/mol. The van der Waals surface area contributed by atoms with Crippen molar-refractivity contribution in [2.45, 2.75) is 46.3 Å². The van der Waals surface area contributed by atoms with Gasteiger partial charge in [0.15, 0.2) is 6.61 Å². The summed E-state index contributed by atoms with van der Waals surface area (Å²) in [5.41, 5.74) is 2.92. The Morgan fingerprint density at radius 3 is 2.30 bits per heavy atom. The van der Waals surface area contributed by atoms with Gasteiger partial charge >= 0.3 is 5.97 Å². The van der Waals surface area contributed by atoms with Crippen molar-refractivity contribution in [2.75, 3.05) is 6.61 Å². The van der Waals surface area contributed by atoms with E-state index in [1.165, 1.54) is 0 Å². The molecule has 0 aliphatic heterocycles. The Hall–Kier alpha value is -3.60. The van der Waals surface area contributed by atoms with Gasteiger partial charge in [-0.3, -0.25) is 4.79 Å². The van der Waals surface area contributed by atoms with Gasteiger partial charge in [0.1, 0.15) is 11.4 Å². The highest BCUT2D eigenvalue weighted by atomic mass is 16.6. The molecule has 0 bridgehead atoms. The second-order valence-electron chi connectivity index (χ2n) is 9.04. The molecule has 0 radical (unpaired) electrons. The Labute approximate surface area is 195 Å². The monoisotopic (exact) mass is 445 g/mol. The fourth-order valence-electron chi connectivity index (χ4n) is 3.33. The molecule has 0 aliphatic rings. The summed E-state index contributed by atoms with van der Waals surface area (Å²) >= 11 is 0. The third-order valence-electron chi connectivity index (χ3n) is 4.99. The van der Waals surface area contributed by atoms with Crippen LogP contribution in [0.2, 0.25) is 0 Å². The van der Waals surface area contributed by atoms with E-state index in [0.29, 0.717) is 17.0 Å². The number of hydrogen-bond acceptors (Lipinski definition) is 4. The summed E-state index contributed by atoms with van der Waals surface area (Å²) in [6.45, 7) is 9.38. The van der Waals surface area contributed by atoms with Gasteiger partial charge in [-0.25, -0.2) is 4.79 Å². The highest BCUT2D eigenvalue weighted by Gasteiger charge is 2.17. The molecule has 1 aromatic heterocycles. The smallest absolute Gasteiger partial charge is 0.344 e. The molecule has 0 saturated carbocycles. The van der Waals surface area contributed by atoms with E-state index in [0.717, 1.165) is 11.1 Å². The van der Waals surface area contributed by atoms with Crippen LogP contribution in [0.1, 0.15) is 60.9 Å². The molecule has 3 rings (SSSR count). The summed E-state index contributed by atoms with van der Waals surface area (Å²) in [6, 6.07) is 18.8. The highest BCUT2D eigenvalue weighted by Crippen LogP contribution is 2.20. The van der Waals surface area contributed by atoms with Crippen molar-refractivity contribution >= 4 is 17.8 Å². The normalized spacial score (nSPS) is 12.5. The van der Waals surface area contributed by atoms with Gasteiger partial charge < -0.3 is 14.0 Å². The maximum atomic E-state index is 13.0. The van der Waals surface area contributed by atoms with Gasteiger partial charge in [0.05, 0.1) is 5.69 Å². The summed E-state index contributed by atoms with van der Waals surface area (Å²) in [5, 5.41) is 0. The molecule has 5 heteroatoms. The minimum Gasteiger partial charge on any atom is -0.482 e. The van der Waals surface area contributed by atoms with Crippen molar-refractivity contribution in [1.82, 2.24) is 4.57 Å². The molecule has 0 aliphatic carbocycles. The first-order valence-corrected chi connectivity index (χ1v) is 11.0. The van der Waals surface area contributed by atoms with Gasteiger partial charge in [-0.2, -0.15) is 0 Å². The van der Waals surface area contributed by atoms with Crippen LogP contribution in [-0.2, 0) is 9.53 Å². The molecular weight excluding hydrogens is 414 g/mol. The first-order chi connectivity index (χ1) is 15.6. The highest BCUT2D eigenvalue weighted by molar-refractivity contribution is 6.08. The lowest BCUT2D eigenvalue weighted by Crippen LogP contribution is -2.27. The Kier molecular flexibility index (Phi) is 7.54. The molecule has 1 heterocycles. The Morgan fingerprint density at radius 2 is 1.67 bits per heavy atom. The predicted molar refractivity (Wildman–Crippen MR) is 131 cm³/mol. The predicted octanol–water partition coefficient (Wildman–Crippen LogP) is 6.02. The van der Waals surface area contributed by atoms with E-state index >= 15 is 0 Å². The van der Waals surface area contributed by atoms with E-state index in [4.69, 9.17) is 9.47 Å². The number of ketones is 1. The Bertz CT molecular complexity index is 1120. The molecule has 0 fully saturated rings. The number of benzene rings is 2. The Balaban J connectivity index is 1.62. The molecule has 0 N–H and O–H groups in total. The van der Waals surface area contributed by atoms with Gasteiger partial charge in [-0.05, 0) is 64.4 Å². The summed E-state index contributed by atoms with van der Waals surface area (Å²) < 4.78 is 12.7. The number of rotatable bonds is 8. The zero-order valence-electron chi connectivity index (χ0n) is 19.9. The van der Waals surface area contributed by atoms with E-state index in [9.17, 15) is 9.59 Å². The number of nitrogens with zero attached hydrogens (tertiary/aromatic N) is 1. The summed E-state index contributed by atoms with van der Waals surface area (Å²) in [7, 11) is 0. The van der Waals surface area contributed by atoms with Gasteiger partial charge in [0.25, 0.3) is 0 Å². The van der Waals surface area contributed by atoms with Gasteiger partial charge in [-0.1, -0.05) is 54.1 Å². The first-order valence-electron chi connectivity index (χ1n) is 11.0. The van der Waals surface area contributed by atoms with E-state index in [1.54, 1.807) is 0 Å². The molecule has 3 aromatic rings. The van der Waals surface area contributed by atoms with Crippen LogP contribution < -0.4 is 4.74 Å². The quantitative estimate of drug-likeness (QED) is 0.314. The van der Waals surface area contributed by atoms with Crippen LogP contribution in [0.5, 0.6) is 5.75 Å². The largest absolute Gasteiger partial charge is 0.482 e. The number of esters is 1. The molecule has 0 saturated heterocycles. The topological polar surface area (TPSA) is 57.5 Å². The van der Waals surface area contributed by atoms with Crippen LogP contribution in [0.3, 0.4) is 0 Å². The van der Waals surface area contributed by atoms with Crippen LogP contribution >= 0.6 is 0 Å². The Morgan fingerprint density at radius 1 is 1.00 bits per heavy atom. The second kappa shape index (κ2) is 10.3. The fourth-order valence-corrected chi connectivity index (χ4v) is 3.33. The van der Waals surface area contributed by atoms with Crippen molar-refractivity contribution in [3.8, 4) is 5.75 Å². The van der Waals surface area contributed by atoms with E-state index in [2.05, 4.69) is 0 Å². The van der Waals surface area contributed by atoms with Crippen LogP contribution in [0.15, 0.2) is 72.9 Å². The van der Waals surface area contributed by atoms with Crippen LogP contribution in [-0.4, -0.2) is 28.5 Å². The lowest BCUT2D eigenvalue weighted by Gasteiger charge is -2.19. The molecule has 0 spiro atoms. The summed E-state index contributed by atoms with van der Waals surface area (Å²) in [4.78, 5) is 24.7. The SMILES string of the molecule is Cc1ccc(C(=O)c2cccn2C(C)C=Cc2ccc(OCC(=O)OC(C)(C)C)cc2)cc1. The molecule has 5 nitrogen and oxygen atoms in total. The van der Waals surface area contributed by atoms with E-state index in [1.807, 2.05) is 118 Å². The lowest BCUT2D eigenvalue weighted by molar-refractivity contribution is -0.157. The van der Waals surface area contributed by atoms with E-state index in [-0.39, 0.29) is 18.4 Å². The third kappa shape index (κ3) is 6.94. The number of carbonyl (C=O) groups excluding carboxylic acids is 2. The van der Waals surface area contributed by atoms with Crippen LogP contribution in [0, 0.1) is 6.92 Å². The maximum Gasteiger partial charge on any atom is 0.344 e. The molecule has 1 atom stereocenters. The third-order valence-corrected chi connectivity index (χ3v) is 4.99. The standard InChI is InChI=1S/C28H31NO4/c1-20-8-14-23(15-9-20)27(31)25-7-6-18-29(25)21(2)10-11-22-12-16-24(17-13-22)32-19-26(30)33-28(3,4)5/h6-18,21H,19H2,1-5H3. The van der Waals surface area contributed by atoms with Gasteiger partial charge in [0, 0.05) is 17.8 Å². The molecule has 1 unspecified atom stereocenters. The molecule has 33 heavy (non-hydrogen) atoms. The van der Waals surface area contributed by atoms with Crippen LogP contribution in [0.25, 0.3) is 6.08 Å². The van der Waals surface area contributed by atoms with Crippen LogP contribution in [0.4, 0.5) is 0 Å². The molecular formula is C28H31NO4. The number of carbonyl (C=O) groups is 2. The van der Waals surface area contributed by atoms with Crippen molar-refractivity contribution in [3.63, 3.8) is 0 Å². The number of hydrogen-bond donors (Lipinski definition) is 0. The van der Waals surface area contributed by atoms with Crippen molar-refractivity contribution in [2.24, 2.45) is 0 Å². The minimum atomic E-state index is -0.532. The molecule has 0 amide bonds. The maximum absolute atomic E-state index is 13.0. The zero-order valence-corrected chi connectivity index (χ0v) is 19.9.